The van der Waals surface area contributed by atoms with Crippen molar-refractivity contribution in [2.75, 3.05) is 0 Å². The van der Waals surface area contributed by atoms with E-state index < -0.39 is 0 Å². The van der Waals surface area contributed by atoms with Gasteiger partial charge in [-0.05, 0) is 0 Å². The van der Waals surface area contributed by atoms with Crippen LogP contribution in [0.1, 0.15) is 11.7 Å². The molecular formula is C6H5N5O. The molecule has 12 heavy (non-hydrogen) atoms. The van der Waals surface area contributed by atoms with Crippen molar-refractivity contribution < 1.29 is 4.79 Å². The number of hydrogen-bond acceptors (Lipinski definition) is 5. The fraction of sp³-hybridized carbons (Fsp3) is 0.167. The Kier molecular flexibility index (Phi) is 1.33. The summed E-state index contributed by atoms with van der Waals surface area (Å²) in [4.78, 5) is 18.7. The van der Waals surface area contributed by atoms with Gasteiger partial charge < -0.3 is 0 Å². The molecule has 2 aromatic heterocycles. The highest BCUT2D eigenvalue weighted by Crippen LogP contribution is 2.01. The van der Waals surface area contributed by atoms with Crippen LogP contribution >= 0.6 is 0 Å². The van der Waals surface area contributed by atoms with E-state index in [1.54, 1.807) is 0 Å². The molecule has 0 fully saturated rings. The Morgan fingerprint density at radius 1 is 1.42 bits per heavy atom. The molecule has 0 radical (unpaired) electrons. The van der Waals surface area contributed by atoms with Gasteiger partial charge in [-0.1, -0.05) is 5.21 Å². The summed E-state index contributed by atoms with van der Waals surface area (Å²) in [5, 5.41) is 7.25. The van der Waals surface area contributed by atoms with Crippen molar-refractivity contribution in [3.63, 3.8) is 0 Å². The second-order valence-electron chi connectivity index (χ2n) is 2.22. The van der Waals surface area contributed by atoms with Crippen molar-refractivity contribution in [2.45, 2.75) is 6.92 Å². The lowest BCUT2D eigenvalue weighted by molar-refractivity contribution is 0.0923. The monoisotopic (exact) mass is 163 g/mol. The van der Waals surface area contributed by atoms with Crippen LogP contribution in [-0.2, 0) is 0 Å². The normalized spacial score (nSPS) is 10.4. The van der Waals surface area contributed by atoms with Crippen molar-refractivity contribution in [1.29, 1.82) is 0 Å². The first-order valence-electron chi connectivity index (χ1n) is 3.32. The summed E-state index contributed by atoms with van der Waals surface area (Å²) in [5.41, 5.74) is 0.776. The molecule has 0 aromatic carbocycles. The van der Waals surface area contributed by atoms with Gasteiger partial charge in [-0.25, -0.2) is 9.97 Å². The van der Waals surface area contributed by atoms with Crippen LogP contribution < -0.4 is 0 Å². The number of hydrogen-bond donors (Lipinski definition) is 0. The molecule has 2 heterocycles. The Balaban J connectivity index is 2.79. The quantitative estimate of drug-likeness (QED) is 0.541. The van der Waals surface area contributed by atoms with Crippen LogP contribution in [0.15, 0.2) is 12.4 Å². The summed E-state index contributed by atoms with van der Waals surface area (Å²) in [5.74, 6) is -0.224. The van der Waals surface area contributed by atoms with Crippen molar-refractivity contribution in [3.05, 3.63) is 12.4 Å². The molecule has 0 unspecified atom stereocenters. The third-order valence-corrected chi connectivity index (χ3v) is 1.39. The minimum atomic E-state index is -0.224. The first kappa shape index (κ1) is 6.84. The zero-order valence-electron chi connectivity index (χ0n) is 6.30. The lowest BCUT2D eigenvalue weighted by atomic mass is 10.6. The highest BCUT2D eigenvalue weighted by molar-refractivity contribution is 5.83. The third kappa shape index (κ3) is 0.849. The number of carbonyl (C=O) groups excluding carboxylic acids is 1. The molecule has 0 N–H and O–H groups in total. The Bertz CT molecular complexity index is 434. The summed E-state index contributed by atoms with van der Waals surface area (Å²) >= 11 is 0. The maximum atomic E-state index is 10.9. The van der Waals surface area contributed by atoms with Gasteiger partial charge in [0.15, 0.2) is 0 Å². The third-order valence-electron chi connectivity index (χ3n) is 1.39. The molecule has 0 bridgehead atoms. The Labute approximate surface area is 67.2 Å². The molecule has 6 nitrogen and oxygen atoms in total. The van der Waals surface area contributed by atoms with Gasteiger partial charge in [0.1, 0.15) is 0 Å². The molecule has 0 aliphatic carbocycles. The van der Waals surface area contributed by atoms with E-state index in [1.807, 2.05) is 0 Å². The van der Waals surface area contributed by atoms with Crippen LogP contribution in [0.3, 0.4) is 0 Å². The van der Waals surface area contributed by atoms with Gasteiger partial charge in [0, 0.05) is 19.3 Å². The van der Waals surface area contributed by atoms with Gasteiger partial charge in [-0.15, -0.1) is 5.10 Å². The summed E-state index contributed by atoms with van der Waals surface area (Å²) in [6, 6.07) is 0. The summed E-state index contributed by atoms with van der Waals surface area (Å²) in [6.45, 7) is 1.39. The SMILES string of the molecule is CC(=O)n1nnc2nccnc21. The summed E-state index contributed by atoms with van der Waals surface area (Å²) < 4.78 is 1.11. The first-order chi connectivity index (χ1) is 5.79. The van der Waals surface area contributed by atoms with Gasteiger partial charge in [0.25, 0.3) is 0 Å². The van der Waals surface area contributed by atoms with Gasteiger partial charge >= 0.3 is 0 Å². The van der Waals surface area contributed by atoms with E-state index in [4.69, 9.17) is 0 Å². The number of fused-ring (bicyclic) bond motifs is 1. The molecule has 0 spiro atoms. The van der Waals surface area contributed by atoms with Gasteiger partial charge in [-0.2, -0.15) is 4.68 Å². The second-order valence-corrected chi connectivity index (χ2v) is 2.22. The fourth-order valence-corrected chi connectivity index (χ4v) is 0.885. The Morgan fingerprint density at radius 2 is 2.17 bits per heavy atom. The molecule has 2 rings (SSSR count). The number of rotatable bonds is 0. The number of aromatic nitrogens is 5. The van der Waals surface area contributed by atoms with E-state index in [0.717, 1.165) is 4.68 Å². The van der Waals surface area contributed by atoms with E-state index in [0.29, 0.717) is 11.3 Å². The van der Waals surface area contributed by atoms with E-state index >= 15 is 0 Å². The van der Waals surface area contributed by atoms with Crippen LogP contribution in [-0.4, -0.2) is 30.9 Å². The summed E-state index contributed by atoms with van der Waals surface area (Å²) in [7, 11) is 0. The predicted molar refractivity (Wildman–Crippen MR) is 39.4 cm³/mol. The minimum absolute atomic E-state index is 0.224. The van der Waals surface area contributed by atoms with Crippen LogP contribution in [0.5, 0.6) is 0 Å². The molecule has 0 saturated heterocycles. The average molecular weight is 163 g/mol. The number of nitrogens with zero attached hydrogens (tertiary/aromatic N) is 5. The largest absolute Gasteiger partial charge is 0.273 e. The molecule has 0 amide bonds. The number of carbonyl (C=O) groups is 1. The van der Waals surface area contributed by atoms with Crippen molar-refractivity contribution in [1.82, 2.24) is 25.0 Å². The van der Waals surface area contributed by atoms with E-state index in [1.165, 1.54) is 19.3 Å². The maximum absolute atomic E-state index is 10.9. The highest BCUT2D eigenvalue weighted by Gasteiger charge is 2.08. The van der Waals surface area contributed by atoms with Crippen LogP contribution in [0.25, 0.3) is 11.3 Å². The zero-order valence-corrected chi connectivity index (χ0v) is 6.30. The topological polar surface area (TPSA) is 73.6 Å². The fourth-order valence-electron chi connectivity index (χ4n) is 0.885. The van der Waals surface area contributed by atoms with Crippen LogP contribution in [0.2, 0.25) is 0 Å². The van der Waals surface area contributed by atoms with Crippen LogP contribution in [0.4, 0.5) is 0 Å². The second kappa shape index (κ2) is 2.33. The molecule has 0 aliphatic heterocycles. The maximum Gasteiger partial charge on any atom is 0.247 e. The molecule has 6 heteroatoms. The predicted octanol–water partition coefficient (Wildman–Crippen LogP) is -0.119. The molecule has 2 aromatic rings. The molecular weight excluding hydrogens is 158 g/mol. The van der Waals surface area contributed by atoms with Gasteiger partial charge in [-0.3, -0.25) is 4.79 Å². The van der Waals surface area contributed by atoms with E-state index in [9.17, 15) is 4.79 Å². The van der Waals surface area contributed by atoms with Crippen molar-refractivity contribution in [2.24, 2.45) is 0 Å². The Morgan fingerprint density at radius 3 is 2.92 bits per heavy atom. The van der Waals surface area contributed by atoms with Gasteiger partial charge in [0.2, 0.25) is 17.2 Å². The minimum Gasteiger partial charge on any atom is -0.273 e. The first-order valence-corrected chi connectivity index (χ1v) is 3.32. The Hall–Kier alpha value is -1.85. The van der Waals surface area contributed by atoms with Gasteiger partial charge in [0.05, 0.1) is 0 Å². The molecule has 0 atom stereocenters. The van der Waals surface area contributed by atoms with E-state index in [-0.39, 0.29) is 5.91 Å². The van der Waals surface area contributed by atoms with Crippen molar-refractivity contribution in [3.8, 4) is 0 Å². The molecule has 0 saturated carbocycles. The molecule has 60 valence electrons. The lowest BCUT2D eigenvalue weighted by Crippen LogP contribution is -2.07. The van der Waals surface area contributed by atoms with Crippen molar-refractivity contribution >= 4 is 17.2 Å². The smallest absolute Gasteiger partial charge is 0.247 e. The summed E-state index contributed by atoms with van der Waals surface area (Å²) in [6.07, 6.45) is 2.99. The lowest BCUT2D eigenvalue weighted by Gasteiger charge is -1.90. The van der Waals surface area contributed by atoms with E-state index in [2.05, 4.69) is 20.3 Å². The zero-order chi connectivity index (χ0) is 8.55. The standard InChI is InChI=1S/C6H5N5O/c1-4(12)11-6-5(9-10-11)7-2-3-8-6/h2-3H,1H3. The van der Waals surface area contributed by atoms with Crippen LogP contribution in [0, 0.1) is 0 Å². The highest BCUT2D eigenvalue weighted by atomic mass is 16.2. The average Bonchev–Trinajstić information content (AvgIpc) is 2.47. The molecule has 0 aliphatic rings.